The summed E-state index contributed by atoms with van der Waals surface area (Å²) in [6.45, 7) is 0. The third-order valence-electron chi connectivity index (χ3n) is 2.88. The molecule has 0 fully saturated rings. The van der Waals surface area contributed by atoms with Crippen LogP contribution in [0, 0.1) is 0 Å². The van der Waals surface area contributed by atoms with Crippen LogP contribution in [0.1, 0.15) is 29.4 Å². The quantitative estimate of drug-likeness (QED) is 0.918. The molecule has 0 bridgehead atoms. The molecule has 0 saturated heterocycles. The second-order valence-corrected chi connectivity index (χ2v) is 4.18. The summed E-state index contributed by atoms with van der Waals surface area (Å²) in [6, 6.07) is 5.49. The van der Waals surface area contributed by atoms with Crippen LogP contribution >= 0.6 is 0 Å². The zero-order valence-electron chi connectivity index (χ0n) is 11.5. The molecular formula is C14H14F2N2O3. The molecule has 7 heteroatoms. The van der Waals surface area contributed by atoms with Crippen molar-refractivity contribution in [1.29, 1.82) is 0 Å². The second kappa shape index (κ2) is 6.45. The van der Waals surface area contributed by atoms with Crippen molar-refractivity contribution in [2.75, 3.05) is 14.2 Å². The predicted octanol–water partition coefficient (Wildman–Crippen LogP) is 2.51. The molecule has 2 rings (SSSR count). The van der Waals surface area contributed by atoms with E-state index in [2.05, 4.69) is 9.97 Å². The van der Waals surface area contributed by atoms with Gasteiger partial charge < -0.3 is 14.6 Å². The summed E-state index contributed by atoms with van der Waals surface area (Å²) in [7, 11) is 2.79. The zero-order valence-corrected chi connectivity index (χ0v) is 11.5. The van der Waals surface area contributed by atoms with Gasteiger partial charge in [-0.2, -0.15) is 4.98 Å². The second-order valence-electron chi connectivity index (χ2n) is 4.18. The highest BCUT2D eigenvalue weighted by Gasteiger charge is 2.20. The van der Waals surface area contributed by atoms with Crippen LogP contribution in [0.15, 0.2) is 30.5 Å². The predicted molar refractivity (Wildman–Crippen MR) is 70.6 cm³/mol. The number of benzene rings is 1. The van der Waals surface area contributed by atoms with Gasteiger partial charge in [0.2, 0.25) is 11.8 Å². The summed E-state index contributed by atoms with van der Waals surface area (Å²) in [5.74, 6) is 0.299. The SMILES string of the molecule is COc1cnc(C(O)c2cccc(C(F)F)c2)c(OC)n1. The number of halogens is 2. The van der Waals surface area contributed by atoms with Gasteiger partial charge in [-0.1, -0.05) is 18.2 Å². The number of alkyl halides is 2. The maximum atomic E-state index is 12.7. The van der Waals surface area contributed by atoms with E-state index in [1.165, 1.54) is 44.7 Å². The van der Waals surface area contributed by atoms with Gasteiger partial charge in [-0.3, -0.25) is 0 Å². The number of hydrogen-bond acceptors (Lipinski definition) is 5. The van der Waals surface area contributed by atoms with Crippen LogP contribution in [0.5, 0.6) is 11.8 Å². The third-order valence-corrected chi connectivity index (χ3v) is 2.88. The molecule has 5 nitrogen and oxygen atoms in total. The summed E-state index contributed by atoms with van der Waals surface area (Å²) >= 11 is 0. The highest BCUT2D eigenvalue weighted by atomic mass is 19.3. The lowest BCUT2D eigenvalue weighted by Gasteiger charge is -2.14. The zero-order chi connectivity index (χ0) is 15.4. The molecule has 1 unspecified atom stereocenters. The molecule has 0 spiro atoms. The number of aromatic nitrogens is 2. The lowest BCUT2D eigenvalue weighted by atomic mass is 10.0. The van der Waals surface area contributed by atoms with Crippen molar-refractivity contribution in [1.82, 2.24) is 9.97 Å². The van der Waals surface area contributed by atoms with Gasteiger partial charge in [0.05, 0.1) is 20.4 Å². The molecule has 0 aliphatic rings. The minimum atomic E-state index is -2.61. The first kappa shape index (κ1) is 15.1. The molecule has 1 heterocycles. The van der Waals surface area contributed by atoms with E-state index in [1.54, 1.807) is 0 Å². The van der Waals surface area contributed by atoms with Gasteiger partial charge in [-0.05, 0) is 11.6 Å². The summed E-state index contributed by atoms with van der Waals surface area (Å²) < 4.78 is 35.4. The topological polar surface area (TPSA) is 64.5 Å². The number of ether oxygens (including phenoxy) is 2. The fourth-order valence-corrected chi connectivity index (χ4v) is 1.83. The van der Waals surface area contributed by atoms with Gasteiger partial charge in [0.25, 0.3) is 6.43 Å². The number of aliphatic hydroxyl groups is 1. The van der Waals surface area contributed by atoms with Crippen molar-refractivity contribution < 1.29 is 23.4 Å². The monoisotopic (exact) mass is 296 g/mol. The molecule has 0 amide bonds. The molecule has 1 N–H and O–H groups in total. The summed E-state index contributed by atoms with van der Waals surface area (Å²) in [5.41, 5.74) is 0.238. The standard InChI is InChI=1S/C14H14F2N2O3/c1-20-10-7-17-11(14(18-10)21-2)12(19)8-4-3-5-9(6-8)13(15)16/h3-7,12-13,19H,1-2H3. The van der Waals surface area contributed by atoms with Crippen LogP contribution in [0.4, 0.5) is 8.78 Å². The van der Waals surface area contributed by atoms with E-state index in [4.69, 9.17) is 9.47 Å². The largest absolute Gasteiger partial charge is 0.480 e. The molecule has 21 heavy (non-hydrogen) atoms. The van der Waals surface area contributed by atoms with Crippen molar-refractivity contribution in [2.45, 2.75) is 12.5 Å². The average molecular weight is 296 g/mol. The summed E-state index contributed by atoms with van der Waals surface area (Å²) in [4.78, 5) is 8.02. The van der Waals surface area contributed by atoms with E-state index in [9.17, 15) is 13.9 Å². The van der Waals surface area contributed by atoms with Crippen molar-refractivity contribution in [3.63, 3.8) is 0 Å². The van der Waals surface area contributed by atoms with Gasteiger partial charge in [-0.15, -0.1) is 0 Å². The normalized spacial score (nSPS) is 12.3. The lowest BCUT2D eigenvalue weighted by molar-refractivity contribution is 0.150. The van der Waals surface area contributed by atoms with Gasteiger partial charge in [-0.25, -0.2) is 13.8 Å². The minimum Gasteiger partial charge on any atom is -0.480 e. The van der Waals surface area contributed by atoms with E-state index in [0.29, 0.717) is 0 Å². The van der Waals surface area contributed by atoms with Crippen molar-refractivity contribution >= 4 is 0 Å². The number of nitrogens with zero attached hydrogens (tertiary/aromatic N) is 2. The van der Waals surface area contributed by atoms with E-state index in [1.807, 2.05) is 0 Å². The van der Waals surface area contributed by atoms with Crippen LogP contribution in [0.25, 0.3) is 0 Å². The van der Waals surface area contributed by atoms with Crippen LogP contribution in [-0.4, -0.2) is 29.3 Å². The Morgan fingerprint density at radius 2 is 1.86 bits per heavy atom. The Bertz CT molecular complexity index is 623. The Kier molecular flexibility index (Phi) is 4.64. The van der Waals surface area contributed by atoms with E-state index in [0.717, 1.165) is 0 Å². The van der Waals surface area contributed by atoms with Crippen LogP contribution in [0.2, 0.25) is 0 Å². The van der Waals surface area contributed by atoms with E-state index in [-0.39, 0.29) is 28.6 Å². The van der Waals surface area contributed by atoms with Crippen molar-refractivity contribution in [3.05, 3.63) is 47.3 Å². The molecule has 0 radical (unpaired) electrons. The van der Waals surface area contributed by atoms with E-state index < -0.39 is 12.5 Å². The molecule has 0 saturated carbocycles. The maximum absolute atomic E-state index is 12.7. The molecule has 112 valence electrons. The lowest BCUT2D eigenvalue weighted by Crippen LogP contribution is -2.07. The number of methoxy groups -OCH3 is 2. The van der Waals surface area contributed by atoms with E-state index >= 15 is 0 Å². The fourth-order valence-electron chi connectivity index (χ4n) is 1.83. The first-order valence-electron chi connectivity index (χ1n) is 6.07. The average Bonchev–Trinajstić information content (AvgIpc) is 2.53. The molecule has 1 atom stereocenters. The van der Waals surface area contributed by atoms with Gasteiger partial charge in [0.15, 0.2) is 0 Å². The Morgan fingerprint density at radius 1 is 1.14 bits per heavy atom. The van der Waals surface area contributed by atoms with Crippen LogP contribution in [0.3, 0.4) is 0 Å². The number of hydrogen-bond donors (Lipinski definition) is 1. The van der Waals surface area contributed by atoms with Crippen LogP contribution < -0.4 is 9.47 Å². The van der Waals surface area contributed by atoms with Crippen molar-refractivity contribution in [2.24, 2.45) is 0 Å². The first-order valence-corrected chi connectivity index (χ1v) is 6.07. The minimum absolute atomic E-state index is 0.0734. The maximum Gasteiger partial charge on any atom is 0.263 e. The Morgan fingerprint density at radius 3 is 2.48 bits per heavy atom. The highest BCUT2D eigenvalue weighted by Crippen LogP contribution is 2.30. The highest BCUT2D eigenvalue weighted by molar-refractivity contribution is 5.35. The van der Waals surface area contributed by atoms with Crippen molar-refractivity contribution in [3.8, 4) is 11.8 Å². The van der Waals surface area contributed by atoms with Crippen LogP contribution in [-0.2, 0) is 0 Å². The molecule has 0 aliphatic heterocycles. The Labute approximate surface area is 120 Å². The Hall–Kier alpha value is -2.28. The van der Waals surface area contributed by atoms with Gasteiger partial charge in [0, 0.05) is 5.56 Å². The molecule has 0 aliphatic carbocycles. The fraction of sp³-hybridized carbons (Fsp3) is 0.286. The molecule has 1 aromatic heterocycles. The number of aliphatic hydroxyl groups excluding tert-OH is 1. The molecular weight excluding hydrogens is 282 g/mol. The summed E-state index contributed by atoms with van der Waals surface area (Å²) in [6.07, 6.45) is -2.52. The summed E-state index contributed by atoms with van der Waals surface area (Å²) in [5, 5.41) is 10.3. The first-order chi connectivity index (χ1) is 10.1. The van der Waals surface area contributed by atoms with Gasteiger partial charge >= 0.3 is 0 Å². The Balaban J connectivity index is 2.39. The molecule has 1 aromatic carbocycles. The molecule has 2 aromatic rings. The third kappa shape index (κ3) is 3.25. The number of rotatable bonds is 5. The van der Waals surface area contributed by atoms with Gasteiger partial charge in [0.1, 0.15) is 11.8 Å². The smallest absolute Gasteiger partial charge is 0.263 e.